The van der Waals surface area contributed by atoms with Crippen molar-refractivity contribution in [3.63, 3.8) is 0 Å². The minimum Gasteiger partial charge on any atom is -0.506 e. The minimum absolute atomic E-state index is 0.197. The van der Waals surface area contributed by atoms with Gasteiger partial charge >= 0.3 is 0 Å². The molecular formula is C14H16FN3O3. The van der Waals surface area contributed by atoms with Crippen molar-refractivity contribution < 1.29 is 14.2 Å². The summed E-state index contributed by atoms with van der Waals surface area (Å²) in [6.07, 6.45) is 0. The van der Waals surface area contributed by atoms with Crippen molar-refractivity contribution >= 4 is 0 Å². The maximum Gasteiger partial charge on any atom is 0.275 e. The summed E-state index contributed by atoms with van der Waals surface area (Å²) >= 11 is 0. The van der Waals surface area contributed by atoms with Gasteiger partial charge in [-0.25, -0.2) is 4.39 Å². The molecule has 7 heteroatoms. The van der Waals surface area contributed by atoms with Gasteiger partial charge in [0.1, 0.15) is 17.3 Å². The molecule has 1 heterocycles. The zero-order valence-corrected chi connectivity index (χ0v) is 11.5. The number of hydrogen-bond donors (Lipinski definition) is 2. The first-order valence-corrected chi connectivity index (χ1v) is 6.39. The number of nitrogens with one attached hydrogen (secondary N) is 1. The van der Waals surface area contributed by atoms with Crippen LogP contribution < -0.4 is 10.9 Å². The van der Waals surface area contributed by atoms with E-state index in [-0.39, 0.29) is 12.3 Å². The van der Waals surface area contributed by atoms with E-state index in [2.05, 4.69) is 10.4 Å². The molecule has 2 aromatic rings. The largest absolute Gasteiger partial charge is 0.506 e. The third-order valence-corrected chi connectivity index (χ3v) is 2.81. The number of benzene rings is 1. The zero-order valence-electron chi connectivity index (χ0n) is 11.5. The highest BCUT2D eigenvalue weighted by molar-refractivity contribution is 5.33. The highest BCUT2D eigenvalue weighted by Gasteiger charge is 2.09. The molecule has 6 nitrogen and oxygen atoms in total. The summed E-state index contributed by atoms with van der Waals surface area (Å²) in [5.41, 5.74) is 0.0758. The van der Waals surface area contributed by atoms with Crippen LogP contribution >= 0.6 is 0 Å². The molecule has 0 saturated carbocycles. The van der Waals surface area contributed by atoms with Crippen LogP contribution in [0.2, 0.25) is 0 Å². The van der Waals surface area contributed by atoms with E-state index in [4.69, 9.17) is 4.74 Å². The topological polar surface area (TPSA) is 76.4 Å². The summed E-state index contributed by atoms with van der Waals surface area (Å²) in [5.74, 6) is -0.661. The quantitative estimate of drug-likeness (QED) is 0.771. The van der Waals surface area contributed by atoms with Crippen LogP contribution in [0.1, 0.15) is 5.69 Å². The number of halogens is 1. The van der Waals surface area contributed by atoms with E-state index in [0.717, 1.165) is 10.7 Å². The van der Waals surface area contributed by atoms with Crippen LogP contribution in [0.5, 0.6) is 5.75 Å². The van der Waals surface area contributed by atoms with Gasteiger partial charge in [-0.05, 0) is 18.2 Å². The Hall–Kier alpha value is -2.25. The van der Waals surface area contributed by atoms with E-state index >= 15 is 0 Å². The Morgan fingerprint density at radius 1 is 1.43 bits per heavy atom. The van der Waals surface area contributed by atoms with Crippen LogP contribution in [-0.4, -0.2) is 35.1 Å². The van der Waals surface area contributed by atoms with Crippen molar-refractivity contribution in [2.75, 3.05) is 20.3 Å². The van der Waals surface area contributed by atoms with E-state index < -0.39 is 11.4 Å². The molecule has 1 aromatic heterocycles. The fraction of sp³-hybridized carbons (Fsp3) is 0.286. The number of nitrogens with zero attached hydrogens (tertiary/aromatic N) is 2. The number of methoxy groups -OCH3 is 1. The third kappa shape index (κ3) is 3.87. The van der Waals surface area contributed by atoms with Gasteiger partial charge in [0.05, 0.1) is 12.3 Å². The Bertz CT molecular complexity index is 673. The maximum absolute atomic E-state index is 13.2. The van der Waals surface area contributed by atoms with Gasteiger partial charge < -0.3 is 15.2 Å². The van der Waals surface area contributed by atoms with Gasteiger partial charge in [-0.2, -0.15) is 9.78 Å². The second kappa shape index (κ2) is 6.96. The van der Waals surface area contributed by atoms with E-state index in [1.165, 1.54) is 18.2 Å². The molecule has 0 atom stereocenters. The first kappa shape index (κ1) is 15.1. The lowest BCUT2D eigenvalue weighted by atomic mass is 10.3. The number of aromatic hydroxyl groups is 1. The maximum atomic E-state index is 13.2. The van der Waals surface area contributed by atoms with Crippen LogP contribution in [0.15, 0.2) is 35.1 Å². The van der Waals surface area contributed by atoms with Crippen LogP contribution in [0.3, 0.4) is 0 Å². The molecule has 0 aliphatic rings. The average Bonchev–Trinajstić information content (AvgIpc) is 2.45. The Kier molecular flexibility index (Phi) is 5.02. The van der Waals surface area contributed by atoms with Crippen molar-refractivity contribution in [1.82, 2.24) is 15.1 Å². The molecule has 0 aliphatic heterocycles. The van der Waals surface area contributed by atoms with Crippen molar-refractivity contribution in [1.29, 1.82) is 0 Å². The van der Waals surface area contributed by atoms with Gasteiger partial charge in [-0.3, -0.25) is 4.79 Å². The predicted octanol–water partition coefficient (Wildman–Crippen LogP) is 0.813. The Labute approximate surface area is 120 Å². The molecule has 0 aliphatic carbocycles. The molecule has 0 amide bonds. The summed E-state index contributed by atoms with van der Waals surface area (Å²) in [5, 5.41) is 16.8. The number of ether oxygens (including phenoxy) is 1. The summed E-state index contributed by atoms with van der Waals surface area (Å²) in [6, 6.07) is 6.60. The lowest BCUT2D eigenvalue weighted by molar-refractivity contribution is 0.199. The molecule has 2 rings (SSSR count). The highest BCUT2D eigenvalue weighted by Crippen LogP contribution is 2.13. The molecule has 0 spiro atoms. The number of hydrogen-bond acceptors (Lipinski definition) is 5. The van der Waals surface area contributed by atoms with Gasteiger partial charge in [0.25, 0.3) is 5.56 Å². The van der Waals surface area contributed by atoms with Crippen molar-refractivity contribution in [2.24, 2.45) is 0 Å². The highest BCUT2D eigenvalue weighted by atomic mass is 19.1. The van der Waals surface area contributed by atoms with Gasteiger partial charge in [0.15, 0.2) is 0 Å². The fourth-order valence-electron chi connectivity index (χ4n) is 1.78. The third-order valence-electron chi connectivity index (χ3n) is 2.81. The normalized spacial score (nSPS) is 10.8. The molecule has 0 bridgehead atoms. The molecule has 2 N–H and O–H groups in total. The van der Waals surface area contributed by atoms with E-state index in [1.807, 2.05) is 0 Å². The average molecular weight is 293 g/mol. The van der Waals surface area contributed by atoms with Crippen molar-refractivity contribution in [2.45, 2.75) is 6.54 Å². The molecule has 0 unspecified atom stereocenters. The van der Waals surface area contributed by atoms with E-state index in [9.17, 15) is 14.3 Å². The molecular weight excluding hydrogens is 277 g/mol. The molecule has 0 saturated heterocycles. The molecule has 0 radical (unpaired) electrons. The number of aromatic nitrogens is 2. The lowest BCUT2D eigenvalue weighted by Gasteiger charge is -2.09. The van der Waals surface area contributed by atoms with Crippen LogP contribution in [0.4, 0.5) is 4.39 Å². The van der Waals surface area contributed by atoms with Crippen LogP contribution in [-0.2, 0) is 11.3 Å². The Morgan fingerprint density at radius 3 is 2.95 bits per heavy atom. The van der Waals surface area contributed by atoms with Crippen LogP contribution in [0.25, 0.3) is 5.69 Å². The fourth-order valence-corrected chi connectivity index (χ4v) is 1.78. The lowest BCUT2D eigenvalue weighted by Crippen LogP contribution is -2.25. The monoisotopic (exact) mass is 293 g/mol. The van der Waals surface area contributed by atoms with E-state index in [0.29, 0.717) is 24.5 Å². The molecule has 21 heavy (non-hydrogen) atoms. The van der Waals surface area contributed by atoms with Crippen molar-refractivity contribution in [3.8, 4) is 11.4 Å². The Morgan fingerprint density at radius 2 is 2.24 bits per heavy atom. The predicted molar refractivity (Wildman–Crippen MR) is 75.0 cm³/mol. The number of rotatable bonds is 6. The van der Waals surface area contributed by atoms with Gasteiger partial charge in [-0.15, -0.1) is 0 Å². The first-order valence-electron chi connectivity index (χ1n) is 6.39. The summed E-state index contributed by atoms with van der Waals surface area (Å²) in [6.45, 7) is 1.37. The smallest absolute Gasteiger partial charge is 0.275 e. The van der Waals surface area contributed by atoms with Gasteiger partial charge in [0, 0.05) is 26.3 Å². The van der Waals surface area contributed by atoms with E-state index in [1.54, 1.807) is 13.2 Å². The summed E-state index contributed by atoms with van der Waals surface area (Å²) in [7, 11) is 1.58. The second-order valence-corrected chi connectivity index (χ2v) is 4.38. The standard InChI is InChI=1S/C14H16FN3O3/c1-21-6-5-16-9-12-13(19)8-14(20)18(17-12)11-4-2-3-10(15)7-11/h2-4,7-8,16,19H,5-6,9H2,1H3. The Balaban J connectivity index is 2.28. The molecule has 1 aromatic carbocycles. The summed E-state index contributed by atoms with van der Waals surface area (Å²) < 4.78 is 19.2. The minimum atomic E-state index is -0.529. The molecule has 0 fully saturated rings. The van der Waals surface area contributed by atoms with Crippen LogP contribution in [0, 0.1) is 5.82 Å². The SMILES string of the molecule is COCCNCc1nn(-c2cccc(F)c2)c(=O)cc1O. The van der Waals surface area contributed by atoms with Gasteiger partial charge in [-0.1, -0.05) is 6.07 Å². The summed E-state index contributed by atoms with van der Waals surface area (Å²) in [4.78, 5) is 11.9. The first-order chi connectivity index (χ1) is 10.1. The zero-order chi connectivity index (χ0) is 15.2. The van der Waals surface area contributed by atoms with Gasteiger partial charge in [0.2, 0.25) is 0 Å². The second-order valence-electron chi connectivity index (χ2n) is 4.38. The molecule has 112 valence electrons. The van der Waals surface area contributed by atoms with Crippen molar-refractivity contribution in [3.05, 3.63) is 52.2 Å².